The minimum absolute atomic E-state index is 0.418. The Morgan fingerprint density at radius 2 is 2.11 bits per heavy atom. The van der Waals surface area contributed by atoms with Crippen molar-refractivity contribution < 1.29 is 9.53 Å². The van der Waals surface area contributed by atoms with Crippen LogP contribution >= 0.6 is 0 Å². The lowest BCUT2D eigenvalue weighted by atomic mass is 10.1. The molecule has 0 atom stereocenters. The Bertz CT molecular complexity index is 1150. The minimum atomic E-state index is -0.418. The van der Waals surface area contributed by atoms with E-state index in [0.29, 0.717) is 17.2 Å². The van der Waals surface area contributed by atoms with Crippen molar-refractivity contribution in [2.45, 2.75) is 20.4 Å². The van der Waals surface area contributed by atoms with E-state index in [1.165, 1.54) is 7.11 Å². The van der Waals surface area contributed by atoms with Gasteiger partial charge < -0.3 is 4.74 Å². The van der Waals surface area contributed by atoms with Crippen LogP contribution in [-0.4, -0.2) is 47.8 Å². The van der Waals surface area contributed by atoms with Crippen molar-refractivity contribution in [2.24, 2.45) is 7.05 Å². The molecule has 1 aromatic carbocycles. The standard InChI is InChI=1S/C18H19N7O2/c1-5-25-15(6-10(2)23-25)17-20-16(21-22-17)12-7-11(18(26)27-4)8-14-13(12)9-19-24(14)3/h6-9H,5H2,1-4H3,(H,20,21,22). The molecule has 9 nitrogen and oxygen atoms in total. The number of ether oxygens (including phenoxy) is 1. The number of esters is 1. The molecule has 1 N–H and O–H groups in total. The van der Waals surface area contributed by atoms with Crippen LogP contribution in [0.3, 0.4) is 0 Å². The van der Waals surface area contributed by atoms with Crippen LogP contribution in [0.25, 0.3) is 33.8 Å². The Labute approximate surface area is 155 Å². The van der Waals surface area contributed by atoms with Crippen LogP contribution in [0.2, 0.25) is 0 Å². The maximum Gasteiger partial charge on any atom is 0.337 e. The number of nitrogens with one attached hydrogen (secondary N) is 1. The Hall–Kier alpha value is -3.49. The maximum atomic E-state index is 12.1. The van der Waals surface area contributed by atoms with Gasteiger partial charge in [0.15, 0.2) is 11.6 Å². The lowest BCUT2D eigenvalue weighted by Crippen LogP contribution is -2.02. The van der Waals surface area contributed by atoms with E-state index >= 15 is 0 Å². The molecule has 3 aromatic heterocycles. The number of carbonyl (C=O) groups is 1. The number of aromatic amines is 1. The quantitative estimate of drug-likeness (QED) is 0.557. The predicted octanol–water partition coefficient (Wildman–Crippen LogP) is 2.34. The molecule has 4 aromatic rings. The third kappa shape index (κ3) is 2.77. The van der Waals surface area contributed by atoms with Crippen LogP contribution in [0.1, 0.15) is 23.0 Å². The first-order valence-electron chi connectivity index (χ1n) is 8.53. The molecule has 4 rings (SSSR count). The Kier molecular flexibility index (Phi) is 3.98. The monoisotopic (exact) mass is 365 g/mol. The van der Waals surface area contributed by atoms with Crippen molar-refractivity contribution in [3.05, 3.63) is 35.7 Å². The first-order valence-corrected chi connectivity index (χ1v) is 8.53. The van der Waals surface area contributed by atoms with Crippen molar-refractivity contribution in [3.63, 3.8) is 0 Å². The molecule has 0 aliphatic rings. The second-order valence-electron chi connectivity index (χ2n) is 6.21. The van der Waals surface area contributed by atoms with Gasteiger partial charge in [-0.1, -0.05) is 0 Å². The number of fused-ring (bicyclic) bond motifs is 1. The van der Waals surface area contributed by atoms with Crippen molar-refractivity contribution in [3.8, 4) is 22.9 Å². The van der Waals surface area contributed by atoms with E-state index in [-0.39, 0.29) is 0 Å². The van der Waals surface area contributed by atoms with Crippen molar-refractivity contribution >= 4 is 16.9 Å². The summed E-state index contributed by atoms with van der Waals surface area (Å²) in [5.74, 6) is 0.682. The van der Waals surface area contributed by atoms with E-state index in [0.717, 1.165) is 34.4 Å². The van der Waals surface area contributed by atoms with Crippen molar-refractivity contribution in [1.82, 2.24) is 34.7 Å². The maximum absolute atomic E-state index is 12.1. The minimum Gasteiger partial charge on any atom is -0.465 e. The smallest absolute Gasteiger partial charge is 0.337 e. The van der Waals surface area contributed by atoms with E-state index in [9.17, 15) is 4.79 Å². The highest BCUT2D eigenvalue weighted by Crippen LogP contribution is 2.29. The van der Waals surface area contributed by atoms with Crippen LogP contribution < -0.4 is 0 Å². The predicted molar refractivity (Wildman–Crippen MR) is 99.1 cm³/mol. The topological polar surface area (TPSA) is 104 Å². The Balaban J connectivity index is 1.88. The summed E-state index contributed by atoms with van der Waals surface area (Å²) in [6, 6.07) is 5.44. The highest BCUT2D eigenvalue weighted by atomic mass is 16.5. The lowest BCUT2D eigenvalue weighted by Gasteiger charge is -2.05. The fourth-order valence-electron chi connectivity index (χ4n) is 3.14. The lowest BCUT2D eigenvalue weighted by molar-refractivity contribution is 0.0601. The SMILES string of the molecule is CCn1nc(C)cc1-c1n[nH]c(-c2cc(C(=O)OC)cc3c2cnn3C)n1. The zero-order valence-electron chi connectivity index (χ0n) is 15.5. The molecule has 0 saturated heterocycles. The van der Waals surface area contributed by atoms with E-state index in [2.05, 4.69) is 25.4 Å². The number of aromatic nitrogens is 7. The summed E-state index contributed by atoms with van der Waals surface area (Å²) in [5, 5.41) is 16.9. The van der Waals surface area contributed by atoms with Gasteiger partial charge in [-0.25, -0.2) is 9.78 Å². The molecule has 3 heterocycles. The molecule has 0 saturated carbocycles. The second kappa shape index (κ2) is 6.35. The summed E-state index contributed by atoms with van der Waals surface area (Å²) >= 11 is 0. The highest BCUT2D eigenvalue weighted by Gasteiger charge is 2.18. The summed E-state index contributed by atoms with van der Waals surface area (Å²) in [4.78, 5) is 16.7. The first kappa shape index (κ1) is 17.0. The van der Waals surface area contributed by atoms with Crippen LogP contribution in [0.4, 0.5) is 0 Å². The van der Waals surface area contributed by atoms with Crippen LogP contribution in [0.15, 0.2) is 24.4 Å². The molecule has 0 fully saturated rings. The first-order chi connectivity index (χ1) is 13.0. The number of carbonyl (C=O) groups excluding carboxylic acids is 1. The van der Waals surface area contributed by atoms with Crippen LogP contribution in [-0.2, 0) is 18.3 Å². The Morgan fingerprint density at radius 1 is 1.30 bits per heavy atom. The van der Waals surface area contributed by atoms with Gasteiger partial charge in [0.05, 0.1) is 30.1 Å². The van der Waals surface area contributed by atoms with Gasteiger partial charge in [0, 0.05) is 24.5 Å². The molecule has 0 radical (unpaired) electrons. The molecule has 138 valence electrons. The van der Waals surface area contributed by atoms with Gasteiger partial charge in [-0.05, 0) is 32.0 Å². The average Bonchev–Trinajstić information content (AvgIpc) is 3.39. The van der Waals surface area contributed by atoms with Gasteiger partial charge >= 0.3 is 5.97 Å². The summed E-state index contributed by atoms with van der Waals surface area (Å²) in [6.45, 7) is 4.67. The third-order valence-electron chi connectivity index (χ3n) is 4.46. The molecule has 0 aliphatic carbocycles. The van der Waals surface area contributed by atoms with Gasteiger partial charge in [-0.2, -0.15) is 15.3 Å². The van der Waals surface area contributed by atoms with E-state index in [1.807, 2.05) is 31.6 Å². The highest BCUT2D eigenvalue weighted by molar-refractivity contribution is 6.01. The summed E-state index contributed by atoms with van der Waals surface area (Å²) < 4.78 is 8.43. The summed E-state index contributed by atoms with van der Waals surface area (Å²) in [5.41, 5.74) is 3.71. The van der Waals surface area contributed by atoms with Crippen molar-refractivity contribution in [1.29, 1.82) is 0 Å². The van der Waals surface area contributed by atoms with Crippen LogP contribution in [0, 0.1) is 6.92 Å². The van der Waals surface area contributed by atoms with Gasteiger partial charge in [0.25, 0.3) is 0 Å². The fraction of sp³-hybridized carbons (Fsp3) is 0.278. The Morgan fingerprint density at radius 3 is 2.85 bits per heavy atom. The van der Waals surface area contributed by atoms with E-state index in [1.54, 1.807) is 23.0 Å². The molecule has 0 unspecified atom stereocenters. The number of nitrogens with zero attached hydrogens (tertiary/aromatic N) is 6. The summed E-state index contributed by atoms with van der Waals surface area (Å²) in [6.07, 6.45) is 1.74. The van der Waals surface area contributed by atoms with Crippen molar-refractivity contribution in [2.75, 3.05) is 7.11 Å². The number of H-pyrrole nitrogens is 1. The molecule has 9 heteroatoms. The molecular weight excluding hydrogens is 346 g/mol. The number of rotatable bonds is 4. The molecule has 0 aliphatic heterocycles. The summed E-state index contributed by atoms with van der Waals surface area (Å²) in [7, 11) is 3.18. The third-order valence-corrected chi connectivity index (χ3v) is 4.46. The zero-order chi connectivity index (χ0) is 19.1. The molecule has 27 heavy (non-hydrogen) atoms. The zero-order valence-corrected chi connectivity index (χ0v) is 15.5. The number of benzene rings is 1. The molecule has 0 amide bonds. The van der Waals surface area contributed by atoms with Gasteiger partial charge in [0.1, 0.15) is 5.69 Å². The largest absolute Gasteiger partial charge is 0.465 e. The number of hydrogen-bond donors (Lipinski definition) is 1. The number of aryl methyl sites for hydroxylation is 3. The van der Waals surface area contributed by atoms with Gasteiger partial charge in [0.2, 0.25) is 0 Å². The number of methoxy groups -OCH3 is 1. The van der Waals surface area contributed by atoms with Gasteiger partial charge in [-0.3, -0.25) is 14.5 Å². The molecule has 0 bridgehead atoms. The van der Waals surface area contributed by atoms with E-state index in [4.69, 9.17) is 4.74 Å². The van der Waals surface area contributed by atoms with Crippen LogP contribution in [0.5, 0.6) is 0 Å². The molecule has 0 spiro atoms. The molecular formula is C18H19N7O2. The fourth-order valence-corrected chi connectivity index (χ4v) is 3.14. The van der Waals surface area contributed by atoms with E-state index < -0.39 is 5.97 Å². The second-order valence-corrected chi connectivity index (χ2v) is 6.21. The van der Waals surface area contributed by atoms with Gasteiger partial charge in [-0.15, -0.1) is 0 Å². The number of hydrogen-bond acceptors (Lipinski definition) is 6. The normalized spacial score (nSPS) is 11.3. The average molecular weight is 365 g/mol.